The molecule has 2 heterocycles. The maximum Gasteiger partial charge on any atom is 0.298 e. The molecule has 2 aliphatic heterocycles. The molecule has 7 rings (SSSR count). The average Bonchev–Trinajstić information content (AvgIpc) is 3.31. The molecule has 0 radical (unpaired) electrons. The van der Waals surface area contributed by atoms with E-state index in [1.807, 2.05) is 43.3 Å². The van der Waals surface area contributed by atoms with Gasteiger partial charge < -0.3 is 19.8 Å². The average molecular weight is 549 g/mol. The Morgan fingerprint density at radius 1 is 1.15 bits per heavy atom. The van der Waals surface area contributed by atoms with Crippen molar-refractivity contribution in [3.8, 4) is 23.3 Å². The third-order valence-electron chi connectivity index (χ3n) is 10.2. The highest BCUT2D eigenvalue weighted by Crippen LogP contribution is 2.65. The molecule has 4 aliphatic rings. The van der Waals surface area contributed by atoms with Gasteiger partial charge in [-0.3, -0.25) is 9.69 Å². The van der Waals surface area contributed by atoms with Gasteiger partial charge in [-0.1, -0.05) is 54.5 Å². The van der Waals surface area contributed by atoms with Gasteiger partial charge in [0.25, 0.3) is 5.91 Å². The SMILES string of the molecule is Cc1cccc(C#CC(=O)N(C)[C@H]2C[C@@H]3Oc4c(O)ccc5c4[C@@]34CCN(CCc3ccccc3)[C@H](C5)[C@]4(O)C2)c1. The predicted octanol–water partition coefficient (Wildman–Crippen LogP) is 3.98. The monoisotopic (exact) mass is 548 g/mol. The van der Waals surface area contributed by atoms with E-state index in [1.54, 1.807) is 18.0 Å². The van der Waals surface area contributed by atoms with Crippen LogP contribution in [0.4, 0.5) is 0 Å². The molecule has 2 N–H and O–H groups in total. The minimum absolute atomic E-state index is 0.112. The minimum Gasteiger partial charge on any atom is -0.504 e. The Bertz CT molecular complexity index is 1580. The largest absolute Gasteiger partial charge is 0.504 e. The summed E-state index contributed by atoms with van der Waals surface area (Å²) < 4.78 is 6.54. The number of ether oxygens (including phenoxy) is 1. The van der Waals surface area contributed by atoms with Gasteiger partial charge in [0.1, 0.15) is 6.10 Å². The van der Waals surface area contributed by atoms with Crippen LogP contribution >= 0.6 is 0 Å². The quantitative estimate of drug-likeness (QED) is 0.483. The van der Waals surface area contributed by atoms with Crippen LogP contribution in [0.2, 0.25) is 0 Å². The molecule has 0 aromatic heterocycles. The number of aryl methyl sites for hydroxylation is 1. The summed E-state index contributed by atoms with van der Waals surface area (Å²) in [6.07, 6.45) is 3.05. The van der Waals surface area contributed by atoms with Crippen LogP contribution in [0.1, 0.15) is 47.1 Å². The lowest BCUT2D eigenvalue weighted by Crippen LogP contribution is -2.77. The zero-order valence-corrected chi connectivity index (χ0v) is 23.6. The molecule has 1 amide bonds. The smallest absolute Gasteiger partial charge is 0.298 e. The van der Waals surface area contributed by atoms with Crippen molar-refractivity contribution in [3.05, 3.63) is 94.5 Å². The molecule has 3 aromatic rings. The maximum absolute atomic E-state index is 13.3. The van der Waals surface area contributed by atoms with Crippen molar-refractivity contribution in [2.45, 2.75) is 68.2 Å². The van der Waals surface area contributed by atoms with Crippen LogP contribution in [0.5, 0.6) is 11.5 Å². The van der Waals surface area contributed by atoms with Gasteiger partial charge in [-0.05, 0) is 74.0 Å². The molecule has 2 aliphatic carbocycles. The molecule has 5 atom stereocenters. The molecule has 2 bridgehead atoms. The first-order chi connectivity index (χ1) is 19.8. The Kier molecular flexibility index (Phi) is 6.15. The molecular formula is C35H36N2O4. The van der Waals surface area contributed by atoms with Gasteiger partial charge in [0, 0.05) is 49.1 Å². The zero-order valence-electron chi connectivity index (χ0n) is 23.6. The van der Waals surface area contributed by atoms with E-state index < -0.39 is 11.0 Å². The summed E-state index contributed by atoms with van der Waals surface area (Å²) >= 11 is 0. The Balaban J connectivity index is 1.22. The van der Waals surface area contributed by atoms with E-state index in [2.05, 4.69) is 41.0 Å². The van der Waals surface area contributed by atoms with Gasteiger partial charge in [-0.25, -0.2) is 0 Å². The van der Waals surface area contributed by atoms with Gasteiger partial charge in [0.15, 0.2) is 11.5 Å². The number of aromatic hydroxyl groups is 1. The maximum atomic E-state index is 13.3. The Morgan fingerprint density at radius 3 is 2.78 bits per heavy atom. The van der Waals surface area contributed by atoms with Crippen molar-refractivity contribution < 1.29 is 19.7 Å². The van der Waals surface area contributed by atoms with Gasteiger partial charge in [-0.2, -0.15) is 0 Å². The van der Waals surface area contributed by atoms with Crippen molar-refractivity contribution >= 4 is 5.91 Å². The minimum atomic E-state index is -1.11. The van der Waals surface area contributed by atoms with Gasteiger partial charge >= 0.3 is 0 Å². The Labute approximate surface area is 241 Å². The number of benzene rings is 3. The number of hydrogen-bond acceptors (Lipinski definition) is 5. The normalized spacial score (nSPS) is 29.1. The summed E-state index contributed by atoms with van der Waals surface area (Å²) in [5.41, 5.74) is 3.63. The second-order valence-electron chi connectivity index (χ2n) is 12.3. The highest BCUT2D eigenvalue weighted by atomic mass is 16.5. The molecule has 6 nitrogen and oxygen atoms in total. The van der Waals surface area contributed by atoms with Crippen molar-refractivity contribution in [1.29, 1.82) is 0 Å². The van der Waals surface area contributed by atoms with Crippen molar-refractivity contribution in [2.24, 2.45) is 0 Å². The molecule has 1 spiro atoms. The predicted molar refractivity (Wildman–Crippen MR) is 157 cm³/mol. The number of amides is 1. The van der Waals surface area contributed by atoms with Crippen LogP contribution in [0.3, 0.4) is 0 Å². The van der Waals surface area contributed by atoms with E-state index in [4.69, 9.17) is 4.74 Å². The van der Waals surface area contributed by atoms with Gasteiger partial charge in [-0.15, -0.1) is 0 Å². The van der Waals surface area contributed by atoms with Crippen LogP contribution in [0, 0.1) is 18.8 Å². The number of rotatable bonds is 4. The summed E-state index contributed by atoms with van der Waals surface area (Å²) in [4.78, 5) is 17.5. The topological polar surface area (TPSA) is 73.2 Å². The molecule has 1 saturated heterocycles. The first-order valence-electron chi connectivity index (χ1n) is 14.7. The standard InChI is InChI=1S/C35H36N2O4/c1-23-7-6-10-25(19-23)11-14-31(39)36(2)27-21-30-34-16-18-37(17-15-24-8-4-3-5-9-24)29(35(34,40)22-27)20-26-12-13-28(38)33(41-30)32(26)34/h3-10,12-13,19,27,29-30,38,40H,15-18,20-22H2,1-2H3/t27-,29+,30-,34+,35+/m0/s1. The second-order valence-corrected chi connectivity index (χ2v) is 12.3. The number of phenolic OH excluding ortho intramolecular Hbond substituents is 1. The first kappa shape index (κ1) is 26.1. The van der Waals surface area contributed by atoms with E-state index in [-0.39, 0.29) is 29.8 Å². The van der Waals surface area contributed by atoms with Gasteiger partial charge in [0.05, 0.1) is 11.0 Å². The molecule has 1 saturated carbocycles. The summed E-state index contributed by atoms with van der Waals surface area (Å²) in [6, 6.07) is 21.7. The summed E-state index contributed by atoms with van der Waals surface area (Å²) in [5, 5.41) is 23.7. The third-order valence-corrected chi connectivity index (χ3v) is 10.2. The molecule has 0 unspecified atom stereocenters. The highest BCUT2D eigenvalue weighted by molar-refractivity contribution is 5.94. The number of phenols is 1. The van der Waals surface area contributed by atoms with Crippen LogP contribution in [-0.4, -0.2) is 69.8 Å². The Hall–Kier alpha value is -3.79. The van der Waals surface area contributed by atoms with E-state index in [9.17, 15) is 15.0 Å². The van der Waals surface area contributed by atoms with Crippen LogP contribution in [0.15, 0.2) is 66.7 Å². The van der Waals surface area contributed by atoms with Crippen LogP contribution in [0.25, 0.3) is 0 Å². The number of nitrogens with zero attached hydrogens (tertiary/aromatic N) is 2. The van der Waals surface area contributed by atoms with Crippen molar-refractivity contribution in [2.75, 3.05) is 20.1 Å². The fourth-order valence-electron chi connectivity index (χ4n) is 8.21. The Morgan fingerprint density at radius 2 is 1.98 bits per heavy atom. The van der Waals surface area contributed by atoms with Gasteiger partial charge in [0.2, 0.25) is 0 Å². The van der Waals surface area contributed by atoms with E-state index >= 15 is 0 Å². The lowest BCUT2D eigenvalue weighted by atomic mass is 9.48. The lowest BCUT2D eigenvalue weighted by Gasteiger charge is -2.64. The highest BCUT2D eigenvalue weighted by Gasteiger charge is 2.72. The van der Waals surface area contributed by atoms with E-state index in [0.29, 0.717) is 25.0 Å². The fourth-order valence-corrected chi connectivity index (χ4v) is 8.21. The van der Waals surface area contributed by atoms with E-state index in [0.717, 1.165) is 48.2 Å². The molecule has 41 heavy (non-hydrogen) atoms. The van der Waals surface area contributed by atoms with Crippen LogP contribution in [-0.2, 0) is 23.1 Å². The van der Waals surface area contributed by atoms with E-state index in [1.165, 1.54) is 5.56 Å². The molecule has 2 fully saturated rings. The molecular weight excluding hydrogens is 512 g/mol. The molecule has 3 aromatic carbocycles. The van der Waals surface area contributed by atoms with Crippen molar-refractivity contribution in [1.82, 2.24) is 9.80 Å². The number of carbonyl (C=O) groups excluding carboxylic acids is 1. The fraction of sp³-hybridized carbons (Fsp3) is 0.400. The second kappa shape index (κ2) is 9.65. The van der Waals surface area contributed by atoms with Crippen LogP contribution < -0.4 is 4.74 Å². The molecule has 210 valence electrons. The summed E-state index contributed by atoms with van der Waals surface area (Å²) in [6.45, 7) is 3.71. The lowest BCUT2D eigenvalue weighted by molar-refractivity contribution is -0.197. The molecule has 6 heteroatoms. The number of likely N-dealkylation sites (tertiary alicyclic amines) is 1. The number of aliphatic hydroxyl groups is 1. The number of piperidine rings is 1. The zero-order chi connectivity index (χ0) is 28.4. The van der Waals surface area contributed by atoms with Crippen molar-refractivity contribution in [3.63, 3.8) is 0 Å². The summed E-state index contributed by atoms with van der Waals surface area (Å²) in [7, 11) is 1.79. The summed E-state index contributed by atoms with van der Waals surface area (Å²) in [5.74, 6) is 6.23. The number of hydrogen-bond donors (Lipinski definition) is 2. The number of carbonyl (C=O) groups is 1. The first-order valence-corrected chi connectivity index (χ1v) is 14.7. The third kappa shape index (κ3) is 3.98.